The van der Waals surface area contributed by atoms with E-state index in [0.717, 1.165) is 10.0 Å². The molecule has 0 saturated carbocycles. The van der Waals surface area contributed by atoms with Crippen LogP contribution in [0.15, 0.2) is 121 Å². The third-order valence-electron chi connectivity index (χ3n) is 7.36. The predicted octanol–water partition coefficient (Wildman–Crippen LogP) is 5.97. The summed E-state index contributed by atoms with van der Waals surface area (Å²) in [4.78, 5) is 0. The maximum absolute atomic E-state index is 5.86. The average molecular weight is 740 g/mol. The van der Waals surface area contributed by atoms with Crippen molar-refractivity contribution in [3.05, 3.63) is 148 Å². The summed E-state index contributed by atoms with van der Waals surface area (Å²) < 4.78 is 1.31. The molecular formula is C39H38Cl4Zr-2. The fraction of sp³-hybridized carbons (Fsp3) is 0.231. The van der Waals surface area contributed by atoms with Crippen LogP contribution in [0.25, 0.3) is 21.5 Å². The topological polar surface area (TPSA) is 0 Å². The summed E-state index contributed by atoms with van der Waals surface area (Å²) in [5.41, 5.74) is 4.18. The summed E-state index contributed by atoms with van der Waals surface area (Å²) >= 11 is 13.1. The fourth-order valence-electron chi connectivity index (χ4n) is 4.87. The molecule has 1 aliphatic rings. The normalized spacial score (nSPS) is 13.5. The zero-order valence-electron chi connectivity index (χ0n) is 25.7. The summed E-state index contributed by atoms with van der Waals surface area (Å²) in [7, 11) is 0. The van der Waals surface area contributed by atoms with Gasteiger partial charge in [-0.3, -0.25) is 6.08 Å². The number of fused-ring (bicyclic) bond motifs is 3. The molecule has 0 N–H and O–H groups in total. The molecule has 228 valence electrons. The molecule has 1 aliphatic carbocycles. The first-order valence-corrected chi connectivity index (χ1v) is 16.6. The zero-order chi connectivity index (χ0) is 30.1. The van der Waals surface area contributed by atoms with E-state index >= 15 is 0 Å². The third kappa shape index (κ3) is 10.9. The van der Waals surface area contributed by atoms with Gasteiger partial charge < -0.3 is 24.8 Å². The van der Waals surface area contributed by atoms with Crippen molar-refractivity contribution in [3.63, 3.8) is 0 Å². The second-order valence-electron chi connectivity index (χ2n) is 11.6. The van der Waals surface area contributed by atoms with Gasteiger partial charge >= 0.3 is 120 Å². The zero-order valence-corrected chi connectivity index (χ0v) is 31.2. The van der Waals surface area contributed by atoms with Crippen molar-refractivity contribution in [3.8, 4) is 0 Å². The molecular weight excluding hydrogens is 701 g/mol. The first-order valence-electron chi connectivity index (χ1n) is 14.6. The van der Waals surface area contributed by atoms with Crippen LogP contribution in [0.3, 0.4) is 0 Å². The van der Waals surface area contributed by atoms with Crippen LogP contribution in [-0.4, -0.2) is 3.21 Å². The molecule has 0 bridgehead atoms. The van der Waals surface area contributed by atoms with Crippen molar-refractivity contribution >= 4 is 48.0 Å². The molecule has 0 radical (unpaired) electrons. The standard InChI is InChI=1S/C13H8Cl2.C13H9.C13H21.2ClH.Zr/c14-12-5-1-10(2-6-12)9-11-3-7-13(15)8-4-11;1-3-7-12-10(5-1)9-11-6-2-4-8-13(11)12;1-5-6-7-11-8-9-12(10-11)13(2,3)4;;;/h1-8H;1-9H;9-11H,5-7H2,1-4H3;2*1H;/q;2*-1;;;+2/p-2. The second kappa shape index (κ2) is 18.3. The van der Waals surface area contributed by atoms with Crippen LogP contribution in [0.5, 0.6) is 0 Å². The van der Waals surface area contributed by atoms with E-state index < -0.39 is 0 Å². The molecule has 0 aromatic heterocycles. The Hall–Kier alpha value is -1.86. The van der Waals surface area contributed by atoms with E-state index in [-0.39, 0.29) is 24.8 Å². The SMILES string of the molecule is CCCCC1[C-]=CC(C(C)(C)C)=C1.Clc1ccc([C](=[Zr+2])c2ccc(Cl)cc2)cc1.[Cl-].[Cl-].c1ccc2c(c1)[cH-]c1ccccc12. The summed E-state index contributed by atoms with van der Waals surface area (Å²) in [6, 6.07) is 35.1. The molecule has 0 fully saturated rings. The first kappa shape index (κ1) is 38.3. The fourth-order valence-corrected chi connectivity index (χ4v) is 5.94. The average Bonchev–Trinajstić information content (AvgIpc) is 3.63. The summed E-state index contributed by atoms with van der Waals surface area (Å²) in [5, 5.41) is 6.93. The first-order chi connectivity index (χ1) is 20.2. The molecule has 0 heterocycles. The van der Waals surface area contributed by atoms with E-state index in [1.54, 1.807) is 0 Å². The number of halogens is 4. The van der Waals surface area contributed by atoms with Gasteiger partial charge in [-0.1, -0.05) is 94.7 Å². The summed E-state index contributed by atoms with van der Waals surface area (Å²) in [6.07, 6.45) is 11.9. The van der Waals surface area contributed by atoms with Gasteiger partial charge in [0.25, 0.3) is 0 Å². The minimum Gasteiger partial charge on any atom is -1.00 e. The van der Waals surface area contributed by atoms with Crippen LogP contribution in [0.1, 0.15) is 58.1 Å². The van der Waals surface area contributed by atoms with Gasteiger partial charge in [-0.05, 0) is 0 Å². The van der Waals surface area contributed by atoms with E-state index in [0.29, 0.717) is 11.3 Å². The number of hydrogen-bond donors (Lipinski definition) is 0. The van der Waals surface area contributed by atoms with Crippen LogP contribution in [0.2, 0.25) is 10.0 Å². The number of benzene rings is 4. The maximum Gasteiger partial charge on any atom is -0.0771 e. The molecule has 5 aromatic carbocycles. The quantitative estimate of drug-likeness (QED) is 0.195. The van der Waals surface area contributed by atoms with Crippen molar-refractivity contribution < 1.29 is 49.0 Å². The number of allylic oxidation sites excluding steroid dienone is 4. The van der Waals surface area contributed by atoms with E-state index in [1.165, 1.54) is 84.9 Å². The van der Waals surface area contributed by atoms with Crippen molar-refractivity contribution in [1.29, 1.82) is 0 Å². The van der Waals surface area contributed by atoms with Gasteiger partial charge in [-0.15, -0.1) is 39.7 Å². The Morgan fingerprint density at radius 3 is 1.61 bits per heavy atom. The molecule has 0 saturated heterocycles. The maximum atomic E-state index is 5.86. The molecule has 0 amide bonds. The molecule has 5 aromatic rings. The molecule has 1 unspecified atom stereocenters. The minimum absolute atomic E-state index is 0. The van der Waals surface area contributed by atoms with E-state index in [1.807, 2.05) is 48.5 Å². The number of unbranched alkanes of at least 4 members (excludes halogenated alkanes) is 1. The van der Waals surface area contributed by atoms with Crippen molar-refractivity contribution in [2.45, 2.75) is 47.0 Å². The van der Waals surface area contributed by atoms with Gasteiger partial charge in [-0.2, -0.15) is 11.6 Å². The van der Waals surface area contributed by atoms with Crippen molar-refractivity contribution in [1.82, 2.24) is 0 Å². The van der Waals surface area contributed by atoms with Gasteiger partial charge in [0, 0.05) is 0 Å². The van der Waals surface area contributed by atoms with Crippen LogP contribution in [-0.2, 0) is 24.2 Å². The van der Waals surface area contributed by atoms with Crippen molar-refractivity contribution in [2.75, 3.05) is 0 Å². The Kier molecular flexibility index (Phi) is 16.0. The van der Waals surface area contributed by atoms with Crippen LogP contribution in [0.4, 0.5) is 0 Å². The van der Waals surface area contributed by atoms with Gasteiger partial charge in [-0.25, -0.2) is 6.08 Å². The van der Waals surface area contributed by atoms with Gasteiger partial charge in [0.2, 0.25) is 0 Å². The largest absolute Gasteiger partial charge is 1.00 e. The Morgan fingerprint density at radius 1 is 0.750 bits per heavy atom. The summed E-state index contributed by atoms with van der Waals surface area (Å²) in [6.45, 7) is 9.03. The molecule has 0 aliphatic heterocycles. The van der Waals surface area contributed by atoms with Crippen LogP contribution >= 0.6 is 23.2 Å². The van der Waals surface area contributed by atoms with Crippen LogP contribution in [0, 0.1) is 17.4 Å². The van der Waals surface area contributed by atoms with E-state index in [4.69, 9.17) is 23.2 Å². The van der Waals surface area contributed by atoms with E-state index in [2.05, 4.69) is 101 Å². The smallest absolute Gasteiger partial charge is 0.0771 e. The van der Waals surface area contributed by atoms with E-state index in [9.17, 15) is 0 Å². The Labute approximate surface area is 301 Å². The second-order valence-corrected chi connectivity index (χ2v) is 13.7. The Balaban J connectivity index is 0.000000227. The monoisotopic (exact) mass is 736 g/mol. The molecule has 1 atom stereocenters. The number of rotatable bonds is 5. The van der Waals surface area contributed by atoms with Crippen LogP contribution < -0.4 is 24.8 Å². The molecule has 44 heavy (non-hydrogen) atoms. The molecule has 5 heteroatoms. The molecule has 6 rings (SSSR count). The summed E-state index contributed by atoms with van der Waals surface area (Å²) in [5.74, 6) is 0.592. The molecule has 0 nitrogen and oxygen atoms in total. The molecule has 0 spiro atoms. The predicted molar refractivity (Wildman–Crippen MR) is 182 cm³/mol. The number of hydrogen-bond acceptors (Lipinski definition) is 0. The van der Waals surface area contributed by atoms with Gasteiger partial charge in [0.1, 0.15) is 0 Å². The minimum atomic E-state index is 0. The Morgan fingerprint density at radius 2 is 1.20 bits per heavy atom. The van der Waals surface area contributed by atoms with Gasteiger partial charge in [0.05, 0.1) is 0 Å². The van der Waals surface area contributed by atoms with Crippen molar-refractivity contribution in [2.24, 2.45) is 11.3 Å². The third-order valence-corrected chi connectivity index (χ3v) is 9.28. The van der Waals surface area contributed by atoms with Gasteiger partial charge in [0.15, 0.2) is 0 Å². The Bertz CT molecular complexity index is 1570.